The maximum absolute atomic E-state index is 11.2. The van der Waals surface area contributed by atoms with Crippen LogP contribution < -0.4 is 5.73 Å². The molecule has 0 saturated carbocycles. The third-order valence-electron chi connectivity index (χ3n) is 4.36. The van der Waals surface area contributed by atoms with E-state index in [9.17, 15) is 5.11 Å². The van der Waals surface area contributed by atoms with Gasteiger partial charge in [0.15, 0.2) is 0 Å². The Kier molecular flexibility index (Phi) is 3.55. The Morgan fingerprint density at radius 3 is 2.75 bits per heavy atom. The van der Waals surface area contributed by atoms with E-state index in [4.69, 9.17) is 5.73 Å². The van der Waals surface area contributed by atoms with E-state index in [2.05, 4.69) is 11.1 Å². The highest BCUT2D eigenvalue weighted by Crippen LogP contribution is 2.42. The largest absolute Gasteiger partial charge is 0.383 e. The molecule has 3 rings (SSSR count). The molecule has 3 heteroatoms. The second kappa shape index (κ2) is 5.35. The quantitative estimate of drug-likeness (QED) is 0.898. The van der Waals surface area contributed by atoms with Gasteiger partial charge >= 0.3 is 0 Å². The first-order valence-corrected chi connectivity index (χ1v) is 7.17. The molecule has 3 nitrogen and oxygen atoms in total. The van der Waals surface area contributed by atoms with Gasteiger partial charge < -0.3 is 10.8 Å². The molecule has 104 valence electrons. The Morgan fingerprint density at radius 1 is 1.20 bits per heavy atom. The van der Waals surface area contributed by atoms with Crippen LogP contribution in [0.5, 0.6) is 0 Å². The molecule has 0 spiro atoms. The molecule has 0 bridgehead atoms. The number of nitrogens with two attached hydrogens (primary N) is 1. The summed E-state index contributed by atoms with van der Waals surface area (Å²) in [4.78, 5) is 4.52. The molecule has 3 N–H and O–H groups in total. The second-order valence-electron chi connectivity index (χ2n) is 5.49. The fourth-order valence-electron chi connectivity index (χ4n) is 3.26. The topological polar surface area (TPSA) is 59.1 Å². The Morgan fingerprint density at radius 2 is 2.00 bits per heavy atom. The Balaban J connectivity index is 2.07. The van der Waals surface area contributed by atoms with Crippen LogP contribution in [0.1, 0.15) is 35.6 Å². The molecule has 2 unspecified atom stereocenters. The zero-order valence-corrected chi connectivity index (χ0v) is 11.5. The molecular formula is C17H20N2O. The summed E-state index contributed by atoms with van der Waals surface area (Å²) in [5, 5.41) is 11.2. The first-order valence-electron chi connectivity index (χ1n) is 7.17. The molecule has 1 aliphatic carbocycles. The normalized spacial score (nSPS) is 21.0. The van der Waals surface area contributed by atoms with E-state index in [0.29, 0.717) is 0 Å². The summed E-state index contributed by atoms with van der Waals surface area (Å²) in [6, 6.07) is 13.8. The van der Waals surface area contributed by atoms with Gasteiger partial charge in [-0.05, 0) is 36.5 Å². The molecule has 0 radical (unpaired) electrons. The summed E-state index contributed by atoms with van der Waals surface area (Å²) in [5.74, 6) is -0.0279. The van der Waals surface area contributed by atoms with Crippen molar-refractivity contribution in [2.75, 3.05) is 6.54 Å². The van der Waals surface area contributed by atoms with Crippen LogP contribution in [0.4, 0.5) is 0 Å². The molecule has 0 saturated heterocycles. The molecule has 0 fully saturated rings. The van der Waals surface area contributed by atoms with Crippen molar-refractivity contribution < 1.29 is 5.11 Å². The maximum Gasteiger partial charge on any atom is 0.110 e. The van der Waals surface area contributed by atoms with Crippen LogP contribution in [-0.4, -0.2) is 16.6 Å². The first-order chi connectivity index (χ1) is 9.75. The minimum absolute atomic E-state index is 0.0279. The van der Waals surface area contributed by atoms with Gasteiger partial charge in [-0.2, -0.15) is 0 Å². The van der Waals surface area contributed by atoms with E-state index in [0.717, 1.165) is 30.5 Å². The first kappa shape index (κ1) is 13.3. The van der Waals surface area contributed by atoms with E-state index in [1.54, 1.807) is 6.20 Å². The van der Waals surface area contributed by atoms with E-state index >= 15 is 0 Å². The van der Waals surface area contributed by atoms with Crippen molar-refractivity contribution in [3.8, 4) is 0 Å². The van der Waals surface area contributed by atoms with Crippen molar-refractivity contribution in [1.82, 2.24) is 4.98 Å². The minimum atomic E-state index is -1.04. The van der Waals surface area contributed by atoms with Gasteiger partial charge in [-0.15, -0.1) is 0 Å². The maximum atomic E-state index is 11.2. The number of fused-ring (bicyclic) bond motifs is 1. The number of rotatable bonds is 3. The Hall–Kier alpha value is -1.71. The summed E-state index contributed by atoms with van der Waals surface area (Å²) < 4.78 is 0. The summed E-state index contributed by atoms with van der Waals surface area (Å²) in [6.45, 7) is 0.206. The zero-order valence-electron chi connectivity index (χ0n) is 11.5. The number of pyridine rings is 1. The molecular weight excluding hydrogens is 248 g/mol. The van der Waals surface area contributed by atoms with E-state index in [1.165, 1.54) is 5.56 Å². The van der Waals surface area contributed by atoms with Crippen molar-refractivity contribution in [2.45, 2.75) is 30.8 Å². The number of benzene rings is 1. The van der Waals surface area contributed by atoms with Gasteiger partial charge in [0.05, 0.1) is 0 Å². The van der Waals surface area contributed by atoms with Crippen LogP contribution in [0, 0.1) is 0 Å². The van der Waals surface area contributed by atoms with Gasteiger partial charge in [0.25, 0.3) is 0 Å². The smallest absolute Gasteiger partial charge is 0.110 e. The van der Waals surface area contributed by atoms with Gasteiger partial charge in [0.2, 0.25) is 0 Å². The molecule has 0 amide bonds. The summed E-state index contributed by atoms with van der Waals surface area (Å²) in [6.07, 6.45) is 4.83. The number of hydrogen-bond acceptors (Lipinski definition) is 3. The average Bonchev–Trinajstić information content (AvgIpc) is 2.54. The lowest BCUT2D eigenvalue weighted by atomic mass is 9.72. The second-order valence-corrected chi connectivity index (χ2v) is 5.49. The van der Waals surface area contributed by atoms with Crippen molar-refractivity contribution in [3.05, 3.63) is 65.5 Å². The number of aliphatic hydroxyl groups is 1. The lowest BCUT2D eigenvalue weighted by Gasteiger charge is -2.38. The lowest BCUT2D eigenvalue weighted by molar-refractivity contribution is 0.00867. The number of aryl methyl sites for hydroxylation is 1. The fourth-order valence-corrected chi connectivity index (χ4v) is 3.26. The number of nitrogens with zero attached hydrogens (tertiary/aromatic N) is 1. The standard InChI is InChI=1S/C17H20N2O/c18-12-17(20,14-8-2-1-3-9-14)15-10-4-6-13-7-5-11-19-16(13)15/h1-3,5,7-9,11,15,20H,4,6,10,12,18H2. The van der Waals surface area contributed by atoms with Gasteiger partial charge in [-0.3, -0.25) is 4.98 Å². The highest BCUT2D eigenvalue weighted by Gasteiger charge is 2.41. The Bertz CT molecular complexity index is 585. The molecule has 0 aliphatic heterocycles. The monoisotopic (exact) mass is 268 g/mol. The van der Waals surface area contributed by atoms with E-state index in [-0.39, 0.29) is 12.5 Å². The third kappa shape index (κ3) is 2.13. The summed E-state index contributed by atoms with van der Waals surface area (Å²) >= 11 is 0. The van der Waals surface area contributed by atoms with Crippen LogP contribution in [0.25, 0.3) is 0 Å². The molecule has 20 heavy (non-hydrogen) atoms. The molecule has 1 heterocycles. The molecule has 2 aromatic rings. The number of hydrogen-bond donors (Lipinski definition) is 2. The molecule has 1 aromatic heterocycles. The summed E-state index contributed by atoms with van der Waals surface area (Å²) in [7, 11) is 0. The summed E-state index contributed by atoms with van der Waals surface area (Å²) in [5.41, 5.74) is 8.04. The number of aromatic nitrogens is 1. The average molecular weight is 268 g/mol. The van der Waals surface area contributed by atoms with Crippen LogP contribution in [0.2, 0.25) is 0 Å². The van der Waals surface area contributed by atoms with Gasteiger partial charge in [-0.1, -0.05) is 36.4 Å². The highest BCUT2D eigenvalue weighted by molar-refractivity contribution is 5.34. The van der Waals surface area contributed by atoms with Crippen molar-refractivity contribution >= 4 is 0 Å². The fraction of sp³-hybridized carbons (Fsp3) is 0.353. The molecule has 1 aliphatic rings. The highest BCUT2D eigenvalue weighted by atomic mass is 16.3. The molecule has 2 atom stereocenters. The van der Waals surface area contributed by atoms with Crippen molar-refractivity contribution in [3.63, 3.8) is 0 Å². The van der Waals surface area contributed by atoms with Gasteiger partial charge in [0, 0.05) is 24.4 Å². The van der Waals surface area contributed by atoms with E-state index in [1.807, 2.05) is 36.4 Å². The van der Waals surface area contributed by atoms with E-state index < -0.39 is 5.60 Å². The predicted octanol–water partition coefficient (Wildman–Crippen LogP) is 2.35. The van der Waals surface area contributed by atoms with Gasteiger partial charge in [0.1, 0.15) is 5.60 Å². The SMILES string of the molecule is NCC(O)(c1ccccc1)C1CCCc2cccnc21. The van der Waals surface area contributed by atoms with Crippen LogP contribution >= 0.6 is 0 Å². The van der Waals surface area contributed by atoms with Crippen LogP contribution in [0.15, 0.2) is 48.7 Å². The van der Waals surface area contributed by atoms with Crippen molar-refractivity contribution in [1.29, 1.82) is 0 Å². The third-order valence-corrected chi connectivity index (χ3v) is 4.36. The minimum Gasteiger partial charge on any atom is -0.383 e. The van der Waals surface area contributed by atoms with Crippen LogP contribution in [0.3, 0.4) is 0 Å². The van der Waals surface area contributed by atoms with Crippen molar-refractivity contribution in [2.24, 2.45) is 5.73 Å². The predicted molar refractivity (Wildman–Crippen MR) is 79.3 cm³/mol. The molecule has 1 aromatic carbocycles. The van der Waals surface area contributed by atoms with Crippen LogP contribution in [-0.2, 0) is 12.0 Å². The Labute approximate surface area is 119 Å². The zero-order chi connectivity index (χ0) is 14.0. The lowest BCUT2D eigenvalue weighted by Crippen LogP contribution is -2.42. The van der Waals surface area contributed by atoms with Gasteiger partial charge in [-0.25, -0.2) is 0 Å².